The molecule has 0 spiro atoms. The second-order valence-corrected chi connectivity index (χ2v) is 7.99. The van der Waals surface area contributed by atoms with Crippen molar-refractivity contribution < 1.29 is 4.79 Å². The monoisotopic (exact) mass is 399 g/mol. The molecule has 0 atom stereocenters. The molecule has 2 aromatic heterocycles. The van der Waals surface area contributed by atoms with Gasteiger partial charge in [-0.05, 0) is 42.3 Å². The van der Waals surface area contributed by atoms with Crippen LogP contribution in [0.25, 0.3) is 11.0 Å². The van der Waals surface area contributed by atoms with E-state index in [0.717, 1.165) is 42.1 Å². The zero-order valence-corrected chi connectivity index (χ0v) is 16.9. The smallest absolute Gasteiger partial charge is 0.230 e. The molecule has 0 aliphatic heterocycles. The van der Waals surface area contributed by atoms with E-state index in [4.69, 9.17) is 0 Å². The molecule has 0 saturated heterocycles. The fourth-order valence-electron chi connectivity index (χ4n) is 3.82. The third kappa shape index (κ3) is 4.04. The van der Waals surface area contributed by atoms with Crippen molar-refractivity contribution in [1.29, 1.82) is 0 Å². The molecule has 1 N–H and O–H groups in total. The molecule has 4 rings (SSSR count). The SMILES string of the molecule is CCn1c(CNC(=O)CSCc2nnnn2C2CCCC2)nc2ccccc21. The largest absolute Gasteiger partial charge is 0.348 e. The number of thioether (sulfide) groups is 1. The molecular weight excluding hydrogens is 374 g/mol. The number of amides is 1. The van der Waals surface area contributed by atoms with Crippen LogP contribution in [-0.4, -0.2) is 41.4 Å². The van der Waals surface area contributed by atoms with Gasteiger partial charge in [0.15, 0.2) is 5.82 Å². The number of hydrogen-bond donors (Lipinski definition) is 1. The fourth-order valence-corrected chi connectivity index (χ4v) is 4.58. The predicted octanol–water partition coefficient (Wildman–Crippen LogP) is 2.71. The maximum atomic E-state index is 12.3. The summed E-state index contributed by atoms with van der Waals surface area (Å²) in [5, 5.41) is 15.1. The van der Waals surface area contributed by atoms with Crippen LogP contribution in [0.2, 0.25) is 0 Å². The Morgan fingerprint density at radius 2 is 2.07 bits per heavy atom. The molecule has 1 fully saturated rings. The van der Waals surface area contributed by atoms with E-state index >= 15 is 0 Å². The van der Waals surface area contributed by atoms with E-state index in [0.29, 0.717) is 24.1 Å². The van der Waals surface area contributed by atoms with Crippen molar-refractivity contribution >= 4 is 28.7 Å². The number of hydrogen-bond acceptors (Lipinski definition) is 6. The normalized spacial score (nSPS) is 14.8. The van der Waals surface area contributed by atoms with Gasteiger partial charge in [-0.25, -0.2) is 9.67 Å². The molecular formula is C19H25N7OS. The second kappa shape index (κ2) is 8.72. The van der Waals surface area contributed by atoms with Gasteiger partial charge in [0.2, 0.25) is 5.91 Å². The van der Waals surface area contributed by atoms with Crippen molar-refractivity contribution in [1.82, 2.24) is 35.1 Å². The minimum Gasteiger partial charge on any atom is -0.348 e. The summed E-state index contributed by atoms with van der Waals surface area (Å²) in [7, 11) is 0. The Hall–Kier alpha value is -2.42. The molecule has 9 heteroatoms. The number of rotatable bonds is 8. The van der Waals surface area contributed by atoms with Crippen LogP contribution in [0.15, 0.2) is 24.3 Å². The van der Waals surface area contributed by atoms with E-state index < -0.39 is 0 Å². The summed E-state index contributed by atoms with van der Waals surface area (Å²) in [5.74, 6) is 2.76. The van der Waals surface area contributed by atoms with Gasteiger partial charge < -0.3 is 9.88 Å². The molecule has 8 nitrogen and oxygen atoms in total. The third-order valence-electron chi connectivity index (χ3n) is 5.19. The number of nitrogens with zero attached hydrogens (tertiary/aromatic N) is 6. The first-order valence-electron chi connectivity index (χ1n) is 9.81. The zero-order chi connectivity index (χ0) is 19.3. The molecule has 2 heterocycles. The predicted molar refractivity (Wildman–Crippen MR) is 109 cm³/mol. The molecule has 0 bridgehead atoms. The standard InChI is InChI=1S/C19H25N7OS/c1-2-25-16-10-6-5-9-15(16)21-17(25)11-20-19(27)13-28-12-18-22-23-24-26(18)14-7-3-4-8-14/h5-6,9-10,14H,2-4,7-8,11-13H2,1H3,(H,20,27). The van der Waals surface area contributed by atoms with E-state index in [1.165, 1.54) is 24.6 Å². The molecule has 1 aliphatic carbocycles. The van der Waals surface area contributed by atoms with Crippen LogP contribution in [0.5, 0.6) is 0 Å². The van der Waals surface area contributed by atoms with Gasteiger partial charge in [0, 0.05) is 6.54 Å². The van der Waals surface area contributed by atoms with Gasteiger partial charge >= 0.3 is 0 Å². The fraction of sp³-hybridized carbons (Fsp3) is 0.526. The van der Waals surface area contributed by atoms with E-state index in [1.807, 2.05) is 22.9 Å². The number of carbonyl (C=O) groups is 1. The molecule has 28 heavy (non-hydrogen) atoms. The molecule has 0 radical (unpaired) electrons. The Balaban J connectivity index is 1.28. The van der Waals surface area contributed by atoms with Crippen molar-refractivity contribution in [3.63, 3.8) is 0 Å². The number of para-hydroxylation sites is 2. The van der Waals surface area contributed by atoms with Crippen molar-refractivity contribution in [3.05, 3.63) is 35.9 Å². The average molecular weight is 400 g/mol. The van der Waals surface area contributed by atoms with Crippen molar-refractivity contribution in [2.45, 2.75) is 57.5 Å². The molecule has 1 amide bonds. The highest BCUT2D eigenvalue weighted by molar-refractivity contribution is 7.99. The Labute approximate surface area is 168 Å². The summed E-state index contributed by atoms with van der Waals surface area (Å²) in [5.41, 5.74) is 2.06. The lowest BCUT2D eigenvalue weighted by atomic mass is 10.2. The first kappa shape index (κ1) is 18.9. The Bertz CT molecular complexity index is 945. The highest BCUT2D eigenvalue weighted by Gasteiger charge is 2.21. The lowest BCUT2D eigenvalue weighted by Crippen LogP contribution is -2.26. The van der Waals surface area contributed by atoms with Crippen LogP contribution in [-0.2, 0) is 23.6 Å². The number of nitrogens with one attached hydrogen (secondary N) is 1. The molecule has 148 valence electrons. The van der Waals surface area contributed by atoms with Crippen LogP contribution < -0.4 is 5.32 Å². The van der Waals surface area contributed by atoms with Gasteiger partial charge in [0.1, 0.15) is 5.82 Å². The van der Waals surface area contributed by atoms with E-state index in [1.54, 1.807) is 0 Å². The third-order valence-corrected chi connectivity index (χ3v) is 6.12. The number of fused-ring (bicyclic) bond motifs is 1. The van der Waals surface area contributed by atoms with Gasteiger partial charge in [0.25, 0.3) is 0 Å². The number of tetrazole rings is 1. The average Bonchev–Trinajstić information content (AvgIpc) is 3.44. The molecule has 1 aliphatic rings. The number of imidazole rings is 1. The number of carbonyl (C=O) groups excluding carboxylic acids is 1. The minimum atomic E-state index is -0.000370. The lowest BCUT2D eigenvalue weighted by Gasteiger charge is -2.11. The second-order valence-electron chi connectivity index (χ2n) is 7.01. The van der Waals surface area contributed by atoms with Crippen molar-refractivity contribution in [2.24, 2.45) is 0 Å². The molecule has 0 unspecified atom stereocenters. The minimum absolute atomic E-state index is 0.000370. The Morgan fingerprint density at radius 1 is 1.25 bits per heavy atom. The first-order chi connectivity index (χ1) is 13.8. The summed E-state index contributed by atoms with van der Waals surface area (Å²) >= 11 is 1.54. The maximum Gasteiger partial charge on any atom is 0.230 e. The summed E-state index contributed by atoms with van der Waals surface area (Å²) < 4.78 is 4.08. The maximum absolute atomic E-state index is 12.3. The number of aromatic nitrogens is 6. The van der Waals surface area contributed by atoms with E-state index in [-0.39, 0.29) is 5.91 Å². The van der Waals surface area contributed by atoms with Crippen LogP contribution in [0.4, 0.5) is 0 Å². The van der Waals surface area contributed by atoms with Gasteiger partial charge in [-0.15, -0.1) is 16.9 Å². The summed E-state index contributed by atoms with van der Waals surface area (Å²) in [6.07, 6.45) is 4.76. The topological polar surface area (TPSA) is 90.5 Å². The van der Waals surface area contributed by atoms with Crippen LogP contribution in [0.1, 0.15) is 50.3 Å². The summed E-state index contributed by atoms with van der Waals surface area (Å²) in [6.45, 7) is 3.34. The number of benzene rings is 1. The van der Waals surface area contributed by atoms with Crippen LogP contribution in [0.3, 0.4) is 0 Å². The van der Waals surface area contributed by atoms with E-state index in [9.17, 15) is 4.79 Å². The van der Waals surface area contributed by atoms with Gasteiger partial charge in [-0.2, -0.15) is 0 Å². The Morgan fingerprint density at radius 3 is 2.89 bits per heavy atom. The zero-order valence-electron chi connectivity index (χ0n) is 16.0. The first-order valence-corrected chi connectivity index (χ1v) is 11.0. The van der Waals surface area contributed by atoms with Gasteiger partial charge in [-0.1, -0.05) is 25.0 Å². The summed E-state index contributed by atoms with van der Waals surface area (Å²) in [6, 6.07) is 8.46. The van der Waals surface area contributed by atoms with Gasteiger partial charge in [0.05, 0.1) is 35.1 Å². The quantitative estimate of drug-likeness (QED) is 0.626. The van der Waals surface area contributed by atoms with Gasteiger partial charge in [-0.3, -0.25) is 4.79 Å². The summed E-state index contributed by atoms with van der Waals surface area (Å²) in [4.78, 5) is 16.9. The highest BCUT2D eigenvalue weighted by atomic mass is 32.2. The molecule has 1 saturated carbocycles. The van der Waals surface area contributed by atoms with Crippen LogP contribution in [0, 0.1) is 0 Å². The highest BCUT2D eigenvalue weighted by Crippen LogP contribution is 2.29. The van der Waals surface area contributed by atoms with E-state index in [2.05, 4.69) is 43.4 Å². The lowest BCUT2D eigenvalue weighted by molar-refractivity contribution is -0.118. The van der Waals surface area contributed by atoms with Crippen LogP contribution >= 0.6 is 11.8 Å². The number of aryl methyl sites for hydroxylation is 1. The molecule has 1 aromatic carbocycles. The molecule has 3 aromatic rings. The van der Waals surface area contributed by atoms with Crippen molar-refractivity contribution in [3.8, 4) is 0 Å². The van der Waals surface area contributed by atoms with Crippen molar-refractivity contribution in [2.75, 3.05) is 5.75 Å². The Kier molecular flexibility index (Phi) is 5.90.